The van der Waals surface area contributed by atoms with Gasteiger partial charge in [0.2, 0.25) is 11.7 Å². The first kappa shape index (κ1) is 12.8. The van der Waals surface area contributed by atoms with Gasteiger partial charge in [-0.1, -0.05) is 39.6 Å². The molecule has 0 atom stereocenters. The van der Waals surface area contributed by atoms with Crippen LogP contribution in [0.15, 0.2) is 33.3 Å². The average molecular weight is 322 g/mol. The lowest BCUT2D eigenvalue weighted by Gasteiger charge is -2.39. The number of hydrogen-bond donors (Lipinski definition) is 1. The Morgan fingerprint density at radius 1 is 1.32 bits per heavy atom. The van der Waals surface area contributed by atoms with Gasteiger partial charge in [-0.2, -0.15) is 4.98 Å². The molecule has 0 spiro atoms. The number of nitrogens with zero attached hydrogens (tertiary/aromatic N) is 2. The topological polar surface area (TPSA) is 64.9 Å². The molecule has 3 rings (SSSR count). The lowest BCUT2D eigenvalue weighted by molar-refractivity contribution is 0.129. The predicted octanol–water partition coefficient (Wildman–Crippen LogP) is 3.17. The van der Waals surface area contributed by atoms with E-state index < -0.39 is 0 Å². The molecule has 0 amide bonds. The number of hydrogen-bond acceptors (Lipinski definition) is 4. The lowest BCUT2D eigenvalue weighted by atomic mass is 9.67. The zero-order valence-corrected chi connectivity index (χ0v) is 12.2. The van der Waals surface area contributed by atoms with Gasteiger partial charge >= 0.3 is 0 Å². The summed E-state index contributed by atoms with van der Waals surface area (Å²) in [6, 6.07) is 7.87. The van der Waals surface area contributed by atoms with E-state index in [1.54, 1.807) is 0 Å². The van der Waals surface area contributed by atoms with Crippen molar-refractivity contribution < 1.29 is 4.52 Å². The van der Waals surface area contributed by atoms with Gasteiger partial charge in [0.1, 0.15) is 0 Å². The largest absolute Gasteiger partial charge is 0.339 e. The highest BCUT2D eigenvalue weighted by Gasteiger charge is 2.37. The zero-order chi connectivity index (χ0) is 13.3. The van der Waals surface area contributed by atoms with E-state index in [1.807, 2.05) is 24.3 Å². The minimum Gasteiger partial charge on any atom is -0.339 e. The van der Waals surface area contributed by atoms with E-state index in [0.717, 1.165) is 29.3 Å². The van der Waals surface area contributed by atoms with Gasteiger partial charge < -0.3 is 10.3 Å². The molecule has 1 aliphatic rings. The van der Waals surface area contributed by atoms with Crippen molar-refractivity contribution in [2.24, 2.45) is 11.1 Å². The van der Waals surface area contributed by atoms with Crippen molar-refractivity contribution in [3.8, 4) is 11.4 Å². The Morgan fingerprint density at radius 3 is 2.74 bits per heavy atom. The molecule has 0 unspecified atom stereocenters. The average Bonchev–Trinajstić information content (AvgIpc) is 2.83. The number of aromatic nitrogens is 2. The normalized spacial score (nSPS) is 17.2. The Balaban J connectivity index is 1.82. The van der Waals surface area contributed by atoms with Crippen LogP contribution in [-0.4, -0.2) is 16.7 Å². The maximum absolute atomic E-state index is 5.86. The van der Waals surface area contributed by atoms with Crippen LogP contribution in [0.25, 0.3) is 11.4 Å². The minimum atomic E-state index is 0.192. The van der Waals surface area contributed by atoms with Crippen LogP contribution in [-0.2, 0) is 6.42 Å². The fraction of sp³-hybridized carbons (Fsp3) is 0.429. The molecule has 2 N–H and O–H groups in total. The van der Waals surface area contributed by atoms with Crippen LogP contribution < -0.4 is 5.73 Å². The third-order valence-electron chi connectivity index (χ3n) is 3.96. The first-order valence-corrected chi connectivity index (χ1v) is 7.29. The first-order valence-electron chi connectivity index (χ1n) is 6.50. The molecule has 1 saturated carbocycles. The molecule has 1 heterocycles. The first-order chi connectivity index (χ1) is 9.22. The molecule has 0 aliphatic heterocycles. The van der Waals surface area contributed by atoms with Crippen LogP contribution >= 0.6 is 15.9 Å². The Hall–Kier alpha value is -1.20. The van der Waals surface area contributed by atoms with Crippen LogP contribution in [0.4, 0.5) is 0 Å². The van der Waals surface area contributed by atoms with Crippen molar-refractivity contribution in [2.75, 3.05) is 6.54 Å². The molecule has 0 saturated heterocycles. The Labute approximate surface area is 120 Å². The van der Waals surface area contributed by atoms with E-state index in [9.17, 15) is 0 Å². The molecular weight excluding hydrogens is 306 g/mol. The van der Waals surface area contributed by atoms with Gasteiger partial charge in [0.05, 0.1) is 0 Å². The maximum Gasteiger partial charge on any atom is 0.227 e. The summed E-state index contributed by atoms with van der Waals surface area (Å²) in [6.45, 7) is 0.694. The van der Waals surface area contributed by atoms with Gasteiger partial charge in [-0.15, -0.1) is 0 Å². The minimum absolute atomic E-state index is 0.192. The lowest BCUT2D eigenvalue weighted by Crippen LogP contribution is -2.39. The van der Waals surface area contributed by atoms with E-state index in [0.29, 0.717) is 18.3 Å². The standard InChI is InChI=1S/C14H16BrN3O/c15-11-5-2-1-4-10(11)13-17-12(19-18-13)8-14(9-16)6-3-7-14/h1-2,4-5H,3,6-9,16H2. The van der Waals surface area contributed by atoms with Crippen molar-refractivity contribution in [3.63, 3.8) is 0 Å². The highest BCUT2D eigenvalue weighted by Crippen LogP contribution is 2.42. The molecule has 0 bridgehead atoms. The predicted molar refractivity (Wildman–Crippen MR) is 76.5 cm³/mol. The monoisotopic (exact) mass is 321 g/mol. The van der Waals surface area contributed by atoms with E-state index in [2.05, 4.69) is 26.1 Å². The third-order valence-corrected chi connectivity index (χ3v) is 4.65. The van der Waals surface area contributed by atoms with Crippen LogP contribution in [0.5, 0.6) is 0 Å². The molecule has 2 aromatic rings. The molecule has 1 aromatic carbocycles. The summed E-state index contributed by atoms with van der Waals surface area (Å²) in [5.41, 5.74) is 7.01. The second-order valence-electron chi connectivity index (χ2n) is 5.23. The third kappa shape index (κ3) is 2.44. The second kappa shape index (κ2) is 5.06. The van der Waals surface area contributed by atoms with Crippen molar-refractivity contribution >= 4 is 15.9 Å². The number of nitrogens with two attached hydrogens (primary N) is 1. The molecule has 19 heavy (non-hydrogen) atoms. The second-order valence-corrected chi connectivity index (χ2v) is 6.08. The van der Waals surface area contributed by atoms with Gasteiger partial charge in [0.25, 0.3) is 0 Å². The fourth-order valence-corrected chi connectivity index (χ4v) is 2.99. The van der Waals surface area contributed by atoms with Gasteiger partial charge in [0, 0.05) is 16.5 Å². The van der Waals surface area contributed by atoms with Crippen LogP contribution in [0.1, 0.15) is 25.2 Å². The molecule has 1 aliphatic carbocycles. The Kier molecular flexibility index (Phi) is 3.41. The highest BCUT2D eigenvalue weighted by molar-refractivity contribution is 9.10. The summed E-state index contributed by atoms with van der Waals surface area (Å²) >= 11 is 3.50. The van der Waals surface area contributed by atoms with E-state index in [1.165, 1.54) is 6.42 Å². The Morgan fingerprint density at radius 2 is 2.11 bits per heavy atom. The summed E-state index contributed by atoms with van der Waals surface area (Å²) in [5, 5.41) is 4.07. The van der Waals surface area contributed by atoms with E-state index in [4.69, 9.17) is 10.3 Å². The van der Waals surface area contributed by atoms with Gasteiger partial charge in [-0.25, -0.2) is 0 Å². The fourth-order valence-electron chi connectivity index (χ4n) is 2.53. The Bertz CT molecular complexity index is 572. The van der Waals surface area contributed by atoms with E-state index >= 15 is 0 Å². The summed E-state index contributed by atoms with van der Waals surface area (Å²) in [6.07, 6.45) is 4.37. The summed E-state index contributed by atoms with van der Waals surface area (Å²) in [7, 11) is 0. The van der Waals surface area contributed by atoms with Gasteiger partial charge in [-0.05, 0) is 36.9 Å². The summed E-state index contributed by atoms with van der Waals surface area (Å²) < 4.78 is 6.34. The van der Waals surface area contributed by atoms with Crippen molar-refractivity contribution in [1.29, 1.82) is 0 Å². The van der Waals surface area contributed by atoms with E-state index in [-0.39, 0.29) is 5.41 Å². The van der Waals surface area contributed by atoms with Crippen molar-refractivity contribution in [3.05, 3.63) is 34.6 Å². The summed E-state index contributed by atoms with van der Waals surface area (Å²) in [5.74, 6) is 1.32. The van der Waals surface area contributed by atoms with Gasteiger partial charge in [0.15, 0.2) is 0 Å². The molecule has 4 nitrogen and oxygen atoms in total. The zero-order valence-electron chi connectivity index (χ0n) is 10.6. The molecule has 1 fully saturated rings. The van der Waals surface area contributed by atoms with Crippen LogP contribution in [0.2, 0.25) is 0 Å². The van der Waals surface area contributed by atoms with Crippen molar-refractivity contribution in [1.82, 2.24) is 10.1 Å². The van der Waals surface area contributed by atoms with Crippen molar-refractivity contribution in [2.45, 2.75) is 25.7 Å². The quantitative estimate of drug-likeness (QED) is 0.939. The SMILES string of the molecule is NCC1(Cc2nc(-c3ccccc3Br)no2)CCC1. The highest BCUT2D eigenvalue weighted by atomic mass is 79.9. The smallest absolute Gasteiger partial charge is 0.227 e. The molecule has 100 valence electrons. The number of rotatable bonds is 4. The number of benzene rings is 1. The molecule has 0 radical (unpaired) electrons. The molecular formula is C14H16BrN3O. The maximum atomic E-state index is 5.86. The number of halogens is 1. The van der Waals surface area contributed by atoms with Crippen LogP contribution in [0, 0.1) is 5.41 Å². The summed E-state index contributed by atoms with van der Waals surface area (Å²) in [4.78, 5) is 4.49. The molecule has 5 heteroatoms. The molecule has 1 aromatic heterocycles. The van der Waals surface area contributed by atoms with Gasteiger partial charge in [-0.3, -0.25) is 0 Å². The van der Waals surface area contributed by atoms with Crippen LogP contribution in [0.3, 0.4) is 0 Å².